The molecule has 4 nitrogen and oxygen atoms in total. The molecule has 0 spiro atoms. The quantitative estimate of drug-likeness (QED) is 0.881. The van der Waals surface area contributed by atoms with Crippen molar-refractivity contribution in [1.82, 2.24) is 15.0 Å². The lowest BCUT2D eigenvalue weighted by Gasteiger charge is -2.03. The van der Waals surface area contributed by atoms with Crippen LogP contribution in [-0.2, 0) is 6.42 Å². The van der Waals surface area contributed by atoms with Crippen molar-refractivity contribution in [3.8, 4) is 11.3 Å². The monoisotopic (exact) mass is 233 g/mol. The fourth-order valence-corrected chi connectivity index (χ4v) is 1.56. The highest BCUT2D eigenvalue weighted by atomic mass is 19.1. The first kappa shape index (κ1) is 11.4. The normalized spacial score (nSPS) is 10.5. The molecule has 2 aromatic rings. The van der Waals surface area contributed by atoms with Gasteiger partial charge in [-0.1, -0.05) is 6.92 Å². The summed E-state index contributed by atoms with van der Waals surface area (Å²) < 4.78 is 13.0. The van der Waals surface area contributed by atoms with E-state index < -0.39 is 5.82 Å². The zero-order chi connectivity index (χ0) is 12.3. The van der Waals surface area contributed by atoms with Crippen LogP contribution in [-0.4, -0.2) is 15.0 Å². The van der Waals surface area contributed by atoms with Gasteiger partial charge in [0.15, 0.2) is 0 Å². The van der Waals surface area contributed by atoms with Gasteiger partial charge in [-0.15, -0.1) is 0 Å². The molecule has 0 aliphatic rings. The summed E-state index contributed by atoms with van der Waals surface area (Å²) in [5.41, 5.74) is 0.723. The van der Waals surface area contributed by atoms with Gasteiger partial charge < -0.3 is 4.98 Å². The first-order chi connectivity index (χ1) is 8.19. The molecule has 0 atom stereocenters. The standard InChI is InChI=1S/C12H12FN3O/c1-2-3-11-15-10(5-12(17)16-11)8-4-9(13)7-14-6-8/h4-7H,2-3H2,1H3,(H,15,16,17). The van der Waals surface area contributed by atoms with Gasteiger partial charge in [-0.05, 0) is 12.5 Å². The summed E-state index contributed by atoms with van der Waals surface area (Å²) in [5.74, 6) is 0.167. The Kier molecular flexibility index (Phi) is 3.27. The third kappa shape index (κ3) is 2.75. The van der Waals surface area contributed by atoms with Crippen LogP contribution in [0.3, 0.4) is 0 Å². The Bertz CT molecular complexity index is 580. The Hall–Kier alpha value is -2.04. The van der Waals surface area contributed by atoms with Gasteiger partial charge in [-0.25, -0.2) is 9.37 Å². The summed E-state index contributed by atoms with van der Waals surface area (Å²) in [6.45, 7) is 2.00. The Balaban J connectivity index is 2.48. The number of H-pyrrole nitrogens is 1. The predicted molar refractivity (Wildman–Crippen MR) is 62.0 cm³/mol. The summed E-state index contributed by atoms with van der Waals surface area (Å²) in [6, 6.07) is 2.65. The topological polar surface area (TPSA) is 58.6 Å². The minimum atomic E-state index is -0.443. The van der Waals surface area contributed by atoms with Crippen LogP contribution in [0.5, 0.6) is 0 Å². The molecule has 1 N–H and O–H groups in total. The first-order valence-electron chi connectivity index (χ1n) is 5.40. The minimum Gasteiger partial charge on any atom is -0.311 e. The number of aryl methyl sites for hydroxylation is 1. The molecule has 2 heterocycles. The zero-order valence-electron chi connectivity index (χ0n) is 9.40. The second kappa shape index (κ2) is 4.86. The number of nitrogens with zero attached hydrogens (tertiary/aromatic N) is 2. The van der Waals surface area contributed by atoms with Gasteiger partial charge in [0.05, 0.1) is 11.9 Å². The van der Waals surface area contributed by atoms with E-state index in [9.17, 15) is 9.18 Å². The average molecular weight is 233 g/mol. The van der Waals surface area contributed by atoms with Crippen LogP contribution in [0.4, 0.5) is 4.39 Å². The second-order valence-corrected chi connectivity index (χ2v) is 3.72. The van der Waals surface area contributed by atoms with Crippen molar-refractivity contribution < 1.29 is 4.39 Å². The Morgan fingerprint density at radius 3 is 2.88 bits per heavy atom. The van der Waals surface area contributed by atoms with Gasteiger partial charge in [0.1, 0.15) is 11.6 Å². The van der Waals surface area contributed by atoms with Crippen molar-refractivity contribution in [3.63, 3.8) is 0 Å². The molecule has 17 heavy (non-hydrogen) atoms. The molecule has 5 heteroatoms. The van der Waals surface area contributed by atoms with E-state index in [1.807, 2.05) is 6.92 Å². The molecule has 88 valence electrons. The number of aromatic amines is 1. The van der Waals surface area contributed by atoms with Crippen LogP contribution < -0.4 is 5.56 Å². The molecule has 2 rings (SSSR count). The molecular weight excluding hydrogens is 221 g/mol. The Labute approximate surface area is 97.6 Å². The summed E-state index contributed by atoms with van der Waals surface area (Å²) in [7, 11) is 0. The maximum atomic E-state index is 13.0. The van der Waals surface area contributed by atoms with Gasteiger partial charge in [-0.3, -0.25) is 9.78 Å². The largest absolute Gasteiger partial charge is 0.311 e. The number of halogens is 1. The van der Waals surface area contributed by atoms with Crippen LogP contribution in [0, 0.1) is 5.82 Å². The number of aromatic nitrogens is 3. The number of hydrogen-bond donors (Lipinski definition) is 1. The molecule has 0 bridgehead atoms. The lowest BCUT2D eigenvalue weighted by atomic mass is 10.2. The fourth-order valence-electron chi connectivity index (χ4n) is 1.56. The van der Waals surface area contributed by atoms with Crippen LogP contribution in [0.2, 0.25) is 0 Å². The molecule has 0 fully saturated rings. The van der Waals surface area contributed by atoms with Gasteiger partial charge in [-0.2, -0.15) is 0 Å². The van der Waals surface area contributed by atoms with E-state index in [1.54, 1.807) is 0 Å². The molecule has 0 aromatic carbocycles. The van der Waals surface area contributed by atoms with Gasteiger partial charge >= 0.3 is 0 Å². The van der Waals surface area contributed by atoms with E-state index in [2.05, 4.69) is 15.0 Å². The molecule has 0 amide bonds. The molecule has 0 unspecified atom stereocenters. The summed E-state index contributed by atoms with van der Waals surface area (Å²) in [5, 5.41) is 0. The molecule has 0 saturated heterocycles. The van der Waals surface area contributed by atoms with Crippen molar-refractivity contribution in [3.05, 3.63) is 46.5 Å². The lowest BCUT2D eigenvalue weighted by molar-refractivity contribution is 0.622. The average Bonchev–Trinajstić information content (AvgIpc) is 2.28. The lowest BCUT2D eigenvalue weighted by Crippen LogP contribution is -2.11. The number of hydrogen-bond acceptors (Lipinski definition) is 3. The number of pyridine rings is 1. The smallest absolute Gasteiger partial charge is 0.251 e. The SMILES string of the molecule is CCCc1nc(-c2cncc(F)c2)cc(=O)[nH]1. The zero-order valence-corrected chi connectivity index (χ0v) is 9.40. The van der Waals surface area contributed by atoms with E-state index in [4.69, 9.17) is 0 Å². The third-order valence-electron chi connectivity index (χ3n) is 2.28. The molecule has 2 aromatic heterocycles. The minimum absolute atomic E-state index is 0.234. The van der Waals surface area contributed by atoms with E-state index in [-0.39, 0.29) is 5.56 Å². The second-order valence-electron chi connectivity index (χ2n) is 3.72. The molecule has 0 aliphatic heterocycles. The van der Waals surface area contributed by atoms with Crippen LogP contribution in [0.1, 0.15) is 19.2 Å². The molecule has 0 aliphatic carbocycles. The highest BCUT2D eigenvalue weighted by molar-refractivity contribution is 5.57. The van der Waals surface area contributed by atoms with E-state index in [0.29, 0.717) is 23.5 Å². The fraction of sp³-hybridized carbons (Fsp3) is 0.250. The van der Waals surface area contributed by atoms with Crippen LogP contribution in [0.15, 0.2) is 29.3 Å². The highest BCUT2D eigenvalue weighted by Crippen LogP contribution is 2.15. The summed E-state index contributed by atoms with van der Waals surface area (Å²) in [4.78, 5) is 22.1. The number of rotatable bonds is 3. The van der Waals surface area contributed by atoms with E-state index in [0.717, 1.165) is 12.6 Å². The van der Waals surface area contributed by atoms with Gasteiger partial charge in [0.2, 0.25) is 0 Å². The molecule has 0 radical (unpaired) electrons. The van der Waals surface area contributed by atoms with Crippen molar-refractivity contribution in [1.29, 1.82) is 0 Å². The maximum absolute atomic E-state index is 13.0. The highest BCUT2D eigenvalue weighted by Gasteiger charge is 2.05. The third-order valence-corrected chi connectivity index (χ3v) is 2.28. The molecular formula is C12H12FN3O. The van der Waals surface area contributed by atoms with E-state index >= 15 is 0 Å². The van der Waals surface area contributed by atoms with Crippen molar-refractivity contribution >= 4 is 0 Å². The van der Waals surface area contributed by atoms with Gasteiger partial charge in [0.25, 0.3) is 5.56 Å². The van der Waals surface area contributed by atoms with Crippen LogP contribution in [0.25, 0.3) is 11.3 Å². The maximum Gasteiger partial charge on any atom is 0.251 e. The van der Waals surface area contributed by atoms with Crippen molar-refractivity contribution in [2.24, 2.45) is 0 Å². The first-order valence-corrected chi connectivity index (χ1v) is 5.40. The van der Waals surface area contributed by atoms with E-state index in [1.165, 1.54) is 18.3 Å². The molecule has 0 saturated carbocycles. The van der Waals surface area contributed by atoms with Crippen molar-refractivity contribution in [2.75, 3.05) is 0 Å². The van der Waals surface area contributed by atoms with Crippen molar-refractivity contribution in [2.45, 2.75) is 19.8 Å². The Morgan fingerprint density at radius 1 is 1.35 bits per heavy atom. The van der Waals surface area contributed by atoms with Gasteiger partial charge in [0, 0.05) is 24.2 Å². The Morgan fingerprint density at radius 2 is 2.18 bits per heavy atom. The summed E-state index contributed by atoms with van der Waals surface area (Å²) in [6.07, 6.45) is 4.17. The van der Waals surface area contributed by atoms with Crippen LogP contribution >= 0.6 is 0 Å². The predicted octanol–water partition coefficient (Wildman–Crippen LogP) is 1.92. The summed E-state index contributed by atoms with van der Waals surface area (Å²) >= 11 is 0. The number of nitrogens with one attached hydrogen (secondary N) is 1.